The van der Waals surface area contributed by atoms with Gasteiger partial charge in [-0.05, 0) is 62.6 Å². The number of nitrogens with zero attached hydrogens (tertiary/aromatic N) is 3. The number of hydrogen-bond donors (Lipinski definition) is 1. The lowest BCUT2D eigenvalue weighted by Gasteiger charge is -2.13. The smallest absolute Gasteiger partial charge is 0.252 e. The molecule has 6 nitrogen and oxygen atoms in total. The third-order valence-electron chi connectivity index (χ3n) is 5.59. The lowest BCUT2D eigenvalue weighted by molar-refractivity contribution is -0.116. The Bertz CT molecular complexity index is 1380. The average molecular weight is 432 g/mol. The molecule has 4 rings (SSSR count). The summed E-state index contributed by atoms with van der Waals surface area (Å²) < 4.78 is 17.0. The first-order valence-electron chi connectivity index (χ1n) is 10.5. The Morgan fingerprint density at radius 1 is 1.06 bits per heavy atom. The number of aryl methyl sites for hydroxylation is 4. The fourth-order valence-electron chi connectivity index (χ4n) is 3.86. The lowest BCUT2D eigenvalue weighted by atomic mass is 10.1. The molecule has 0 atom stereocenters. The summed E-state index contributed by atoms with van der Waals surface area (Å²) in [5, 5.41) is 8.24. The van der Waals surface area contributed by atoms with Crippen LogP contribution in [0.1, 0.15) is 29.3 Å². The predicted octanol–water partition coefficient (Wildman–Crippen LogP) is 4.45. The molecule has 0 unspecified atom stereocenters. The van der Waals surface area contributed by atoms with E-state index in [0.717, 1.165) is 27.9 Å². The van der Waals surface area contributed by atoms with Crippen molar-refractivity contribution in [2.75, 3.05) is 5.32 Å². The number of pyridine rings is 1. The molecule has 0 bridgehead atoms. The lowest BCUT2D eigenvalue weighted by Crippen LogP contribution is -2.29. The van der Waals surface area contributed by atoms with Crippen molar-refractivity contribution >= 4 is 22.6 Å². The van der Waals surface area contributed by atoms with Crippen LogP contribution >= 0.6 is 0 Å². The molecular formula is C25H25FN4O2. The second-order valence-corrected chi connectivity index (χ2v) is 7.99. The van der Waals surface area contributed by atoms with Gasteiger partial charge in [-0.2, -0.15) is 5.10 Å². The first-order chi connectivity index (χ1) is 15.3. The van der Waals surface area contributed by atoms with Crippen LogP contribution < -0.4 is 10.9 Å². The number of nitrogens with one attached hydrogen (secondary N) is 1. The van der Waals surface area contributed by atoms with E-state index in [0.29, 0.717) is 23.3 Å². The van der Waals surface area contributed by atoms with Gasteiger partial charge in [-0.15, -0.1) is 0 Å². The molecule has 4 aromatic rings. The van der Waals surface area contributed by atoms with Crippen LogP contribution in [0, 0.1) is 26.6 Å². The summed E-state index contributed by atoms with van der Waals surface area (Å²) in [5.74, 6) is -0.821. The SMILES string of the molecule is CCc1cc(=O)n(CC(=O)Nc2ccc(C)c(F)c2)c2c1c(C)nn2-c1ccc(C)cc1. The summed E-state index contributed by atoms with van der Waals surface area (Å²) in [7, 11) is 0. The zero-order valence-electron chi connectivity index (χ0n) is 18.6. The van der Waals surface area contributed by atoms with Gasteiger partial charge in [0.25, 0.3) is 5.56 Å². The van der Waals surface area contributed by atoms with Crippen LogP contribution in [0.3, 0.4) is 0 Å². The van der Waals surface area contributed by atoms with Crippen molar-refractivity contribution in [2.45, 2.75) is 40.7 Å². The van der Waals surface area contributed by atoms with Gasteiger partial charge >= 0.3 is 0 Å². The highest BCUT2D eigenvalue weighted by atomic mass is 19.1. The normalized spacial score (nSPS) is 11.2. The van der Waals surface area contributed by atoms with E-state index in [1.165, 1.54) is 10.6 Å². The summed E-state index contributed by atoms with van der Waals surface area (Å²) >= 11 is 0. The van der Waals surface area contributed by atoms with E-state index in [2.05, 4.69) is 10.4 Å². The maximum atomic E-state index is 13.9. The number of hydrogen-bond acceptors (Lipinski definition) is 3. The minimum absolute atomic E-state index is 0.216. The monoisotopic (exact) mass is 432 g/mol. The van der Waals surface area contributed by atoms with E-state index in [9.17, 15) is 14.0 Å². The Labute approximate surface area is 185 Å². The van der Waals surface area contributed by atoms with E-state index in [4.69, 9.17) is 0 Å². The van der Waals surface area contributed by atoms with Crippen LogP contribution in [0.15, 0.2) is 53.3 Å². The largest absolute Gasteiger partial charge is 0.324 e. The van der Waals surface area contributed by atoms with Crippen molar-refractivity contribution in [1.29, 1.82) is 0 Å². The fourth-order valence-corrected chi connectivity index (χ4v) is 3.86. The van der Waals surface area contributed by atoms with Gasteiger partial charge in [0.1, 0.15) is 18.0 Å². The summed E-state index contributed by atoms with van der Waals surface area (Å²) in [5.41, 5.74) is 4.71. The summed E-state index contributed by atoms with van der Waals surface area (Å²) in [6.45, 7) is 7.32. The second kappa shape index (κ2) is 8.42. The molecule has 0 saturated heterocycles. The van der Waals surface area contributed by atoms with Crippen LogP contribution in [0.4, 0.5) is 10.1 Å². The summed E-state index contributed by atoms with van der Waals surface area (Å²) in [4.78, 5) is 25.8. The minimum atomic E-state index is -0.421. The molecule has 0 radical (unpaired) electrons. The minimum Gasteiger partial charge on any atom is -0.324 e. The summed E-state index contributed by atoms with van der Waals surface area (Å²) in [6.07, 6.45) is 0.669. The molecule has 32 heavy (non-hydrogen) atoms. The molecule has 0 aliphatic rings. The first kappa shape index (κ1) is 21.5. The average Bonchev–Trinajstić information content (AvgIpc) is 3.10. The molecule has 2 aromatic carbocycles. The van der Waals surface area contributed by atoms with Gasteiger partial charge in [-0.3, -0.25) is 14.2 Å². The van der Waals surface area contributed by atoms with Crippen LogP contribution in [0.5, 0.6) is 0 Å². The quantitative estimate of drug-likeness (QED) is 0.507. The molecule has 1 N–H and O–H groups in total. The molecule has 0 aliphatic heterocycles. The van der Waals surface area contributed by atoms with Gasteiger partial charge in [0, 0.05) is 17.1 Å². The van der Waals surface area contributed by atoms with Crippen molar-refractivity contribution in [2.24, 2.45) is 0 Å². The number of carbonyl (C=O) groups excluding carboxylic acids is 1. The molecule has 0 spiro atoms. The third kappa shape index (κ3) is 3.93. The molecule has 1 amide bonds. The molecule has 0 saturated carbocycles. The van der Waals surface area contributed by atoms with Crippen molar-refractivity contribution < 1.29 is 9.18 Å². The highest BCUT2D eigenvalue weighted by Gasteiger charge is 2.19. The van der Waals surface area contributed by atoms with Gasteiger partial charge in [-0.1, -0.05) is 30.7 Å². The van der Waals surface area contributed by atoms with E-state index in [1.807, 2.05) is 45.0 Å². The number of amides is 1. The van der Waals surface area contributed by atoms with E-state index < -0.39 is 11.7 Å². The number of halogens is 1. The highest BCUT2D eigenvalue weighted by molar-refractivity contribution is 5.92. The highest BCUT2D eigenvalue weighted by Crippen LogP contribution is 2.25. The van der Waals surface area contributed by atoms with Crippen LogP contribution in [-0.2, 0) is 17.8 Å². The Hall–Kier alpha value is -3.74. The molecule has 2 heterocycles. The molecule has 0 fully saturated rings. The van der Waals surface area contributed by atoms with Crippen molar-refractivity contribution in [1.82, 2.24) is 14.3 Å². The molecule has 164 valence electrons. The number of fused-ring (bicyclic) bond motifs is 1. The van der Waals surface area contributed by atoms with E-state index in [-0.39, 0.29) is 12.1 Å². The van der Waals surface area contributed by atoms with Gasteiger partial charge < -0.3 is 5.32 Å². The van der Waals surface area contributed by atoms with Crippen LogP contribution in [0.2, 0.25) is 0 Å². The van der Waals surface area contributed by atoms with Crippen molar-refractivity contribution in [3.05, 3.63) is 87.1 Å². The topological polar surface area (TPSA) is 68.9 Å². The third-order valence-corrected chi connectivity index (χ3v) is 5.59. The van der Waals surface area contributed by atoms with Crippen LogP contribution in [-0.4, -0.2) is 20.3 Å². The Morgan fingerprint density at radius 2 is 1.78 bits per heavy atom. The fraction of sp³-hybridized carbons (Fsp3) is 0.240. The second-order valence-electron chi connectivity index (χ2n) is 7.99. The Kier molecular flexibility index (Phi) is 5.65. The molecule has 2 aromatic heterocycles. The predicted molar refractivity (Wildman–Crippen MR) is 124 cm³/mol. The number of carbonyl (C=O) groups is 1. The first-order valence-corrected chi connectivity index (χ1v) is 10.5. The zero-order valence-corrected chi connectivity index (χ0v) is 18.6. The maximum absolute atomic E-state index is 13.9. The Morgan fingerprint density at radius 3 is 2.44 bits per heavy atom. The van der Waals surface area contributed by atoms with Crippen LogP contribution in [0.25, 0.3) is 16.7 Å². The number of benzene rings is 2. The number of aromatic nitrogens is 3. The summed E-state index contributed by atoms with van der Waals surface area (Å²) in [6, 6.07) is 13.9. The standard InChI is InChI=1S/C25H25FN4O2/c1-5-18-12-23(32)29(14-22(31)27-19-9-8-16(3)21(26)13-19)25-24(18)17(4)28-30(25)20-10-6-15(2)7-11-20/h6-13H,5,14H2,1-4H3,(H,27,31). The van der Waals surface area contributed by atoms with Crippen molar-refractivity contribution in [3.8, 4) is 5.69 Å². The van der Waals surface area contributed by atoms with Gasteiger partial charge in [-0.25, -0.2) is 9.07 Å². The van der Waals surface area contributed by atoms with E-state index >= 15 is 0 Å². The molecule has 0 aliphatic carbocycles. The van der Waals surface area contributed by atoms with Crippen molar-refractivity contribution in [3.63, 3.8) is 0 Å². The van der Waals surface area contributed by atoms with E-state index in [1.54, 1.807) is 29.8 Å². The zero-order chi connectivity index (χ0) is 23.0. The number of anilines is 1. The van der Waals surface area contributed by atoms with Gasteiger partial charge in [0.05, 0.1) is 11.4 Å². The Balaban J connectivity index is 1.82. The van der Waals surface area contributed by atoms with Gasteiger partial charge in [0.2, 0.25) is 5.91 Å². The molecule has 7 heteroatoms. The molecular weight excluding hydrogens is 407 g/mol. The maximum Gasteiger partial charge on any atom is 0.252 e. The number of rotatable bonds is 5. The van der Waals surface area contributed by atoms with Gasteiger partial charge in [0.15, 0.2) is 0 Å².